The molecule has 9 rings (SSSR count). The maximum Gasteiger partial charge on any atom is 0.0737 e. The molecule has 1 heteroatoms. The van der Waals surface area contributed by atoms with Crippen molar-refractivity contribution in [2.24, 2.45) is 0 Å². The Balaban J connectivity index is 1.39. The molecule has 0 N–H and O–H groups in total. The quantitative estimate of drug-likeness (QED) is 0.186. The van der Waals surface area contributed by atoms with E-state index >= 15 is 0 Å². The fourth-order valence-electron chi connectivity index (χ4n) is 7.73. The van der Waals surface area contributed by atoms with Gasteiger partial charge in [-0.25, -0.2) is 0 Å². The molecular formula is C41H25Br. The predicted molar refractivity (Wildman–Crippen MR) is 179 cm³/mol. The summed E-state index contributed by atoms with van der Waals surface area (Å²) in [6.45, 7) is 0. The zero-order chi connectivity index (χ0) is 27.8. The molecule has 2 aliphatic rings. The van der Waals surface area contributed by atoms with E-state index in [4.69, 9.17) is 0 Å². The molecule has 7 aromatic rings. The highest BCUT2D eigenvalue weighted by atomic mass is 79.9. The van der Waals surface area contributed by atoms with Gasteiger partial charge in [0.05, 0.1) is 5.41 Å². The SMILES string of the molecule is Brc1cccc(-c2ccc(-c3cccc4c3C3(c5ccccc5-c5ccccc53)c3c-4ccc4ccccc34)cc2)c1. The summed E-state index contributed by atoms with van der Waals surface area (Å²) >= 11 is 3.64. The maximum atomic E-state index is 3.64. The molecule has 1 spiro atoms. The number of rotatable bonds is 2. The van der Waals surface area contributed by atoms with Crippen LogP contribution < -0.4 is 0 Å². The topological polar surface area (TPSA) is 0 Å². The van der Waals surface area contributed by atoms with Crippen LogP contribution in [0.5, 0.6) is 0 Å². The summed E-state index contributed by atoms with van der Waals surface area (Å²) < 4.78 is 1.09. The Bertz CT molecular complexity index is 2160. The maximum absolute atomic E-state index is 3.64. The third-order valence-corrected chi connectivity index (χ3v) is 9.83. The average Bonchev–Trinajstić information content (AvgIpc) is 3.52. The highest BCUT2D eigenvalue weighted by molar-refractivity contribution is 9.10. The second-order valence-corrected chi connectivity index (χ2v) is 12.3. The van der Waals surface area contributed by atoms with Crippen molar-refractivity contribution in [3.8, 4) is 44.5 Å². The Morgan fingerprint density at radius 3 is 1.74 bits per heavy atom. The molecule has 42 heavy (non-hydrogen) atoms. The summed E-state index contributed by atoms with van der Waals surface area (Å²) in [5.41, 5.74) is 15.4. The first-order valence-electron chi connectivity index (χ1n) is 14.5. The minimum Gasteiger partial charge on any atom is -0.0619 e. The van der Waals surface area contributed by atoms with Crippen LogP contribution in [-0.4, -0.2) is 0 Å². The largest absolute Gasteiger partial charge is 0.0737 e. The molecule has 0 aromatic heterocycles. The predicted octanol–water partition coefficient (Wildman–Crippen LogP) is 11.3. The number of fused-ring (bicyclic) bond motifs is 12. The van der Waals surface area contributed by atoms with Crippen LogP contribution in [0.4, 0.5) is 0 Å². The molecule has 0 saturated heterocycles. The second-order valence-electron chi connectivity index (χ2n) is 11.4. The van der Waals surface area contributed by atoms with Crippen molar-refractivity contribution < 1.29 is 0 Å². The number of hydrogen-bond donors (Lipinski definition) is 0. The molecule has 0 atom stereocenters. The average molecular weight is 598 g/mol. The smallest absolute Gasteiger partial charge is 0.0619 e. The van der Waals surface area contributed by atoms with Gasteiger partial charge >= 0.3 is 0 Å². The minimum absolute atomic E-state index is 0.404. The fourth-order valence-corrected chi connectivity index (χ4v) is 8.13. The van der Waals surface area contributed by atoms with Crippen LogP contribution in [-0.2, 0) is 5.41 Å². The monoisotopic (exact) mass is 596 g/mol. The van der Waals surface area contributed by atoms with Gasteiger partial charge in [0, 0.05) is 4.47 Å². The summed E-state index contributed by atoms with van der Waals surface area (Å²) in [7, 11) is 0. The molecule has 0 heterocycles. The van der Waals surface area contributed by atoms with Crippen molar-refractivity contribution >= 4 is 26.7 Å². The van der Waals surface area contributed by atoms with E-state index in [9.17, 15) is 0 Å². The van der Waals surface area contributed by atoms with E-state index in [1.54, 1.807) is 0 Å². The van der Waals surface area contributed by atoms with E-state index in [0.29, 0.717) is 0 Å². The summed E-state index contributed by atoms with van der Waals surface area (Å²) in [4.78, 5) is 0. The zero-order valence-corrected chi connectivity index (χ0v) is 24.4. The first kappa shape index (κ1) is 23.9. The molecule has 2 aliphatic carbocycles. The number of benzene rings is 7. The lowest BCUT2D eigenvalue weighted by Crippen LogP contribution is -2.27. The van der Waals surface area contributed by atoms with Crippen LogP contribution in [0.2, 0.25) is 0 Å². The summed E-state index contributed by atoms with van der Waals surface area (Å²) in [5.74, 6) is 0. The van der Waals surface area contributed by atoms with Gasteiger partial charge in [0.25, 0.3) is 0 Å². The van der Waals surface area contributed by atoms with Gasteiger partial charge in [-0.05, 0) is 89.7 Å². The Kier molecular flexibility index (Phi) is 5.06. The molecule has 0 aliphatic heterocycles. The minimum atomic E-state index is -0.404. The van der Waals surface area contributed by atoms with Crippen LogP contribution in [0.3, 0.4) is 0 Å². The van der Waals surface area contributed by atoms with Crippen LogP contribution in [0.1, 0.15) is 22.3 Å². The van der Waals surface area contributed by atoms with Crippen LogP contribution in [0, 0.1) is 0 Å². The first-order chi connectivity index (χ1) is 20.7. The molecule has 0 fully saturated rings. The normalized spacial score (nSPS) is 13.5. The fraction of sp³-hybridized carbons (Fsp3) is 0.0244. The van der Waals surface area contributed by atoms with Crippen molar-refractivity contribution in [1.82, 2.24) is 0 Å². The molecule has 0 amide bonds. The van der Waals surface area contributed by atoms with Crippen LogP contribution >= 0.6 is 15.9 Å². The molecule has 0 radical (unpaired) electrons. The highest BCUT2D eigenvalue weighted by Crippen LogP contribution is 2.65. The van der Waals surface area contributed by atoms with E-state index in [-0.39, 0.29) is 0 Å². The van der Waals surface area contributed by atoms with Gasteiger partial charge in [0.1, 0.15) is 0 Å². The van der Waals surface area contributed by atoms with Crippen LogP contribution in [0.25, 0.3) is 55.3 Å². The van der Waals surface area contributed by atoms with Gasteiger partial charge in [-0.2, -0.15) is 0 Å². The van der Waals surface area contributed by atoms with Crippen molar-refractivity contribution in [3.63, 3.8) is 0 Å². The summed E-state index contributed by atoms with van der Waals surface area (Å²) in [6, 6.07) is 56.2. The van der Waals surface area contributed by atoms with Gasteiger partial charge in [0.15, 0.2) is 0 Å². The molecule has 0 bridgehead atoms. The van der Waals surface area contributed by atoms with Crippen molar-refractivity contribution in [3.05, 3.63) is 178 Å². The Hall–Kier alpha value is -4.72. The third-order valence-electron chi connectivity index (χ3n) is 9.34. The van der Waals surface area contributed by atoms with Gasteiger partial charge in [-0.1, -0.05) is 155 Å². The van der Waals surface area contributed by atoms with E-state index in [2.05, 4.69) is 168 Å². The molecule has 0 unspecified atom stereocenters. The molecular weight excluding hydrogens is 572 g/mol. The van der Waals surface area contributed by atoms with E-state index in [0.717, 1.165) is 4.47 Å². The zero-order valence-electron chi connectivity index (χ0n) is 22.8. The summed E-state index contributed by atoms with van der Waals surface area (Å²) in [5, 5.41) is 2.61. The standard InChI is InChI=1S/C41H25Br/c42-30-11-7-10-29(25-30)26-19-21-28(22-20-26)32-15-8-16-35-36-24-23-27-9-1-2-12-31(27)40(36)41(39(32)35)37-17-5-3-13-33(37)34-14-4-6-18-38(34)41/h1-25H. The highest BCUT2D eigenvalue weighted by Gasteiger charge is 2.53. The van der Waals surface area contributed by atoms with Gasteiger partial charge < -0.3 is 0 Å². The second kappa shape index (κ2) is 8.89. The van der Waals surface area contributed by atoms with Crippen molar-refractivity contribution in [1.29, 1.82) is 0 Å². The van der Waals surface area contributed by atoms with Gasteiger partial charge in [0.2, 0.25) is 0 Å². The molecule has 0 saturated carbocycles. The molecule has 0 nitrogen and oxygen atoms in total. The summed E-state index contributed by atoms with van der Waals surface area (Å²) in [6.07, 6.45) is 0. The van der Waals surface area contributed by atoms with E-state index < -0.39 is 5.41 Å². The Morgan fingerprint density at radius 1 is 0.381 bits per heavy atom. The lowest BCUT2D eigenvalue weighted by atomic mass is 9.67. The number of hydrogen-bond acceptors (Lipinski definition) is 0. The van der Waals surface area contributed by atoms with E-state index in [1.165, 1.54) is 77.5 Å². The van der Waals surface area contributed by atoms with Crippen LogP contribution in [0.15, 0.2) is 156 Å². The number of halogens is 1. The van der Waals surface area contributed by atoms with Gasteiger partial charge in [-0.3, -0.25) is 0 Å². The van der Waals surface area contributed by atoms with E-state index in [1.807, 2.05) is 0 Å². The third kappa shape index (κ3) is 3.12. The van der Waals surface area contributed by atoms with Crippen molar-refractivity contribution in [2.45, 2.75) is 5.41 Å². The lowest BCUT2D eigenvalue weighted by Gasteiger charge is -2.33. The Morgan fingerprint density at radius 2 is 0.976 bits per heavy atom. The van der Waals surface area contributed by atoms with Crippen molar-refractivity contribution in [2.75, 3.05) is 0 Å². The lowest BCUT2D eigenvalue weighted by molar-refractivity contribution is 0.803. The first-order valence-corrected chi connectivity index (χ1v) is 15.3. The Labute approximate surface area is 254 Å². The molecule has 7 aromatic carbocycles. The molecule has 196 valence electrons. The van der Waals surface area contributed by atoms with Gasteiger partial charge in [-0.15, -0.1) is 0 Å².